The Morgan fingerprint density at radius 2 is 2.00 bits per heavy atom. The minimum Gasteiger partial charge on any atom is -0.313 e. The first kappa shape index (κ1) is 13.4. The van der Waals surface area contributed by atoms with Gasteiger partial charge in [-0.25, -0.2) is 0 Å². The van der Waals surface area contributed by atoms with E-state index in [9.17, 15) is 0 Å². The first-order valence-electron chi connectivity index (χ1n) is 7.73. The van der Waals surface area contributed by atoms with Gasteiger partial charge in [0.25, 0.3) is 0 Å². The molecule has 0 spiro atoms. The van der Waals surface area contributed by atoms with Crippen molar-refractivity contribution in [2.24, 2.45) is 11.8 Å². The molecule has 0 bridgehead atoms. The van der Waals surface area contributed by atoms with Crippen LogP contribution in [0.5, 0.6) is 0 Å². The zero-order valence-corrected chi connectivity index (χ0v) is 11.9. The van der Waals surface area contributed by atoms with Crippen LogP contribution in [0.1, 0.15) is 52.9 Å². The van der Waals surface area contributed by atoms with Gasteiger partial charge >= 0.3 is 0 Å². The second-order valence-electron chi connectivity index (χ2n) is 6.06. The number of piperidine rings is 1. The fraction of sp³-hybridized carbons (Fsp3) is 1.00. The summed E-state index contributed by atoms with van der Waals surface area (Å²) in [6.45, 7) is 10.8. The molecule has 1 aliphatic carbocycles. The molecular formula is C15H30N2. The summed E-state index contributed by atoms with van der Waals surface area (Å²) in [7, 11) is 0. The van der Waals surface area contributed by atoms with Crippen LogP contribution in [0.3, 0.4) is 0 Å². The van der Waals surface area contributed by atoms with Gasteiger partial charge in [-0.15, -0.1) is 0 Å². The van der Waals surface area contributed by atoms with Crippen LogP contribution >= 0.6 is 0 Å². The van der Waals surface area contributed by atoms with Crippen molar-refractivity contribution in [3.05, 3.63) is 0 Å². The maximum atomic E-state index is 3.64. The zero-order chi connectivity index (χ0) is 12.3. The summed E-state index contributed by atoms with van der Waals surface area (Å²) in [5.74, 6) is 1.90. The monoisotopic (exact) mass is 238 g/mol. The van der Waals surface area contributed by atoms with E-state index in [-0.39, 0.29) is 0 Å². The zero-order valence-electron chi connectivity index (χ0n) is 11.9. The molecule has 1 saturated carbocycles. The normalized spacial score (nSPS) is 39.7. The number of nitrogens with zero attached hydrogens (tertiary/aromatic N) is 1. The van der Waals surface area contributed by atoms with Gasteiger partial charge < -0.3 is 5.32 Å². The third-order valence-electron chi connectivity index (χ3n) is 5.12. The van der Waals surface area contributed by atoms with E-state index in [0.717, 1.165) is 30.5 Å². The summed E-state index contributed by atoms with van der Waals surface area (Å²) >= 11 is 0. The van der Waals surface area contributed by atoms with Gasteiger partial charge in [-0.2, -0.15) is 0 Å². The average Bonchev–Trinajstić information content (AvgIpc) is 2.71. The molecule has 1 N–H and O–H groups in total. The standard InChI is InChI=1S/C15H30N2/c1-4-13-8-9-15(12(13)3)17-10-6-7-14(11-17)16-5-2/h12-16H,4-11H2,1-3H3. The van der Waals surface area contributed by atoms with E-state index in [1.165, 1.54) is 45.2 Å². The van der Waals surface area contributed by atoms with Crippen molar-refractivity contribution in [2.75, 3.05) is 19.6 Å². The first-order valence-corrected chi connectivity index (χ1v) is 7.73. The largest absolute Gasteiger partial charge is 0.313 e. The van der Waals surface area contributed by atoms with Gasteiger partial charge in [0.15, 0.2) is 0 Å². The summed E-state index contributed by atoms with van der Waals surface area (Å²) in [6.07, 6.45) is 7.05. The summed E-state index contributed by atoms with van der Waals surface area (Å²) in [5, 5.41) is 3.64. The highest BCUT2D eigenvalue weighted by Crippen LogP contribution is 2.37. The molecule has 4 atom stereocenters. The van der Waals surface area contributed by atoms with Gasteiger partial charge in [0.1, 0.15) is 0 Å². The van der Waals surface area contributed by atoms with Crippen molar-refractivity contribution in [1.29, 1.82) is 0 Å². The van der Waals surface area contributed by atoms with E-state index in [1.807, 2.05) is 0 Å². The maximum absolute atomic E-state index is 3.64. The van der Waals surface area contributed by atoms with Crippen LogP contribution in [0.4, 0.5) is 0 Å². The Kier molecular flexibility index (Phi) is 4.87. The summed E-state index contributed by atoms with van der Waals surface area (Å²) in [6, 6.07) is 1.63. The number of rotatable bonds is 4. The Morgan fingerprint density at radius 1 is 1.18 bits per heavy atom. The molecule has 2 rings (SSSR count). The Balaban J connectivity index is 1.89. The maximum Gasteiger partial charge on any atom is 0.0195 e. The Labute approximate surface area is 107 Å². The second-order valence-corrected chi connectivity index (χ2v) is 6.06. The molecule has 2 aliphatic rings. The number of hydrogen-bond acceptors (Lipinski definition) is 2. The Bertz CT molecular complexity index is 227. The van der Waals surface area contributed by atoms with Crippen LogP contribution in [0.25, 0.3) is 0 Å². The Morgan fingerprint density at radius 3 is 2.65 bits per heavy atom. The predicted octanol–water partition coefficient (Wildman–Crippen LogP) is 2.89. The van der Waals surface area contributed by atoms with Crippen LogP contribution in [0.2, 0.25) is 0 Å². The van der Waals surface area contributed by atoms with Gasteiger partial charge in [0.2, 0.25) is 0 Å². The van der Waals surface area contributed by atoms with Gasteiger partial charge in [-0.1, -0.05) is 27.2 Å². The number of likely N-dealkylation sites (N-methyl/N-ethyl adjacent to an activating group) is 1. The van der Waals surface area contributed by atoms with Crippen LogP contribution < -0.4 is 5.32 Å². The van der Waals surface area contributed by atoms with Gasteiger partial charge in [0.05, 0.1) is 0 Å². The minimum absolute atomic E-state index is 0.752. The molecule has 1 heterocycles. The van der Waals surface area contributed by atoms with Crippen molar-refractivity contribution in [2.45, 2.75) is 65.0 Å². The molecule has 0 radical (unpaired) electrons. The van der Waals surface area contributed by atoms with Gasteiger partial charge in [-0.05, 0) is 50.6 Å². The molecule has 2 fully saturated rings. The summed E-state index contributed by atoms with van der Waals surface area (Å²) in [4.78, 5) is 2.79. The molecule has 2 heteroatoms. The first-order chi connectivity index (χ1) is 8.26. The highest BCUT2D eigenvalue weighted by Gasteiger charge is 2.36. The summed E-state index contributed by atoms with van der Waals surface area (Å²) in [5.41, 5.74) is 0. The topological polar surface area (TPSA) is 15.3 Å². The molecule has 1 aliphatic heterocycles. The van der Waals surface area contributed by atoms with Crippen molar-refractivity contribution in [1.82, 2.24) is 10.2 Å². The number of hydrogen-bond donors (Lipinski definition) is 1. The molecule has 2 nitrogen and oxygen atoms in total. The molecule has 1 saturated heterocycles. The number of likely N-dealkylation sites (tertiary alicyclic amines) is 1. The van der Waals surface area contributed by atoms with Crippen LogP contribution in [-0.2, 0) is 0 Å². The van der Waals surface area contributed by atoms with Crippen LogP contribution in [0.15, 0.2) is 0 Å². The minimum atomic E-state index is 0.752. The van der Waals surface area contributed by atoms with Gasteiger partial charge in [0, 0.05) is 18.6 Å². The van der Waals surface area contributed by atoms with Crippen molar-refractivity contribution in [3.8, 4) is 0 Å². The molecule has 0 amide bonds. The lowest BCUT2D eigenvalue weighted by atomic mass is 9.91. The second kappa shape index (κ2) is 6.19. The van der Waals surface area contributed by atoms with E-state index in [0.29, 0.717) is 0 Å². The van der Waals surface area contributed by atoms with Crippen LogP contribution in [0, 0.1) is 11.8 Å². The quantitative estimate of drug-likeness (QED) is 0.810. The lowest BCUT2D eigenvalue weighted by Gasteiger charge is -2.39. The molecule has 0 aromatic heterocycles. The van der Waals surface area contributed by atoms with E-state index in [2.05, 4.69) is 31.0 Å². The summed E-state index contributed by atoms with van der Waals surface area (Å²) < 4.78 is 0. The van der Waals surface area contributed by atoms with E-state index >= 15 is 0 Å². The molecule has 100 valence electrons. The third-order valence-corrected chi connectivity index (χ3v) is 5.12. The van der Waals surface area contributed by atoms with Crippen molar-refractivity contribution in [3.63, 3.8) is 0 Å². The van der Waals surface area contributed by atoms with E-state index in [1.54, 1.807) is 0 Å². The smallest absolute Gasteiger partial charge is 0.0195 e. The highest BCUT2D eigenvalue weighted by molar-refractivity contribution is 4.91. The molecular weight excluding hydrogens is 208 g/mol. The average molecular weight is 238 g/mol. The SMILES string of the molecule is CCNC1CCCN(C2CCC(CC)C2C)C1. The fourth-order valence-corrected chi connectivity index (χ4v) is 4.08. The van der Waals surface area contributed by atoms with Gasteiger partial charge in [-0.3, -0.25) is 4.90 Å². The van der Waals surface area contributed by atoms with Crippen LogP contribution in [-0.4, -0.2) is 36.6 Å². The fourth-order valence-electron chi connectivity index (χ4n) is 4.08. The molecule has 17 heavy (non-hydrogen) atoms. The predicted molar refractivity (Wildman–Crippen MR) is 74.2 cm³/mol. The highest BCUT2D eigenvalue weighted by atomic mass is 15.2. The Hall–Kier alpha value is -0.0800. The lowest BCUT2D eigenvalue weighted by molar-refractivity contribution is 0.109. The van der Waals surface area contributed by atoms with Crippen molar-refractivity contribution < 1.29 is 0 Å². The number of nitrogens with one attached hydrogen (secondary N) is 1. The molecule has 4 unspecified atom stereocenters. The van der Waals surface area contributed by atoms with Crippen molar-refractivity contribution >= 4 is 0 Å². The van der Waals surface area contributed by atoms with E-state index in [4.69, 9.17) is 0 Å². The lowest BCUT2D eigenvalue weighted by Crippen LogP contribution is -2.50. The third kappa shape index (κ3) is 3.03. The van der Waals surface area contributed by atoms with E-state index < -0.39 is 0 Å². The molecule has 0 aromatic carbocycles. The molecule has 0 aromatic rings.